The number of carbonyl (C=O) groups excluding carboxylic acids is 1. The Bertz CT molecular complexity index is 1410. The Morgan fingerprint density at radius 1 is 1.29 bits per heavy atom. The fourth-order valence-corrected chi connectivity index (χ4v) is 5.10. The molecule has 0 aromatic carbocycles. The highest BCUT2D eigenvalue weighted by atomic mass is 16.5. The molecule has 12 heteroatoms. The highest BCUT2D eigenvalue weighted by molar-refractivity contribution is 5.76. The Balaban J connectivity index is 1.90. The molecule has 1 saturated heterocycles. The Morgan fingerprint density at radius 3 is 2.71 bits per heavy atom. The van der Waals surface area contributed by atoms with Gasteiger partial charge in [0, 0.05) is 32.4 Å². The summed E-state index contributed by atoms with van der Waals surface area (Å²) in [6, 6.07) is 5.16. The van der Waals surface area contributed by atoms with E-state index in [1.165, 1.54) is 10.8 Å². The smallest absolute Gasteiger partial charge is 0.333 e. The maximum Gasteiger partial charge on any atom is 0.333 e. The Morgan fingerprint density at radius 2 is 2.08 bits per heavy atom. The fourth-order valence-electron chi connectivity index (χ4n) is 5.10. The monoisotopic (exact) mass is 520 g/mol. The highest BCUT2D eigenvalue weighted by Crippen LogP contribution is 2.37. The largest absolute Gasteiger partial charge is 0.465 e. The average Bonchev–Trinajstić information content (AvgIpc) is 3.20. The molecule has 2 aromatic rings. The first-order valence-corrected chi connectivity index (χ1v) is 12.6. The van der Waals surface area contributed by atoms with Crippen LogP contribution in [-0.4, -0.2) is 70.6 Å². The second-order valence-electron chi connectivity index (χ2n) is 9.30. The zero-order valence-corrected chi connectivity index (χ0v) is 21.9. The summed E-state index contributed by atoms with van der Waals surface area (Å²) in [7, 11) is 1.80. The molecule has 2 aliphatic rings. The number of rotatable bonds is 7. The number of hydrogen-bond acceptors (Lipinski definition) is 10. The quantitative estimate of drug-likeness (QED) is 0.388. The van der Waals surface area contributed by atoms with Gasteiger partial charge >= 0.3 is 11.7 Å². The number of carbonyl (C=O) groups is 1. The normalized spacial score (nSPS) is 18.9. The molecule has 38 heavy (non-hydrogen) atoms. The SMILES string of the molecule is CC#CCN1c2c(n(CC(=O)OCC)c(=O)n(Cc3ccc(C#N)cn3)c2=O)N(C)C1N1CCCC(N)C1. The van der Waals surface area contributed by atoms with E-state index in [0.717, 1.165) is 24.0 Å². The van der Waals surface area contributed by atoms with E-state index < -0.39 is 23.5 Å². The van der Waals surface area contributed by atoms with Gasteiger partial charge < -0.3 is 20.3 Å². The molecule has 4 rings (SSSR count). The van der Waals surface area contributed by atoms with Crippen LogP contribution in [0.4, 0.5) is 11.5 Å². The maximum atomic E-state index is 14.0. The molecule has 2 unspecified atom stereocenters. The summed E-state index contributed by atoms with van der Waals surface area (Å²) in [5.74, 6) is 5.69. The molecule has 0 radical (unpaired) electrons. The lowest BCUT2D eigenvalue weighted by molar-refractivity contribution is -0.143. The topological polar surface area (TPSA) is 143 Å². The summed E-state index contributed by atoms with van der Waals surface area (Å²) in [4.78, 5) is 50.4. The van der Waals surface area contributed by atoms with Crippen LogP contribution in [0.25, 0.3) is 0 Å². The summed E-state index contributed by atoms with van der Waals surface area (Å²) in [6.07, 6.45) is 2.78. The van der Waals surface area contributed by atoms with Gasteiger partial charge in [-0.2, -0.15) is 5.26 Å². The molecule has 2 N–H and O–H groups in total. The molecular weight excluding hydrogens is 488 g/mol. The van der Waals surface area contributed by atoms with Crippen molar-refractivity contribution in [3.05, 3.63) is 50.4 Å². The van der Waals surface area contributed by atoms with Crippen molar-refractivity contribution in [1.29, 1.82) is 5.26 Å². The maximum absolute atomic E-state index is 14.0. The minimum Gasteiger partial charge on any atom is -0.465 e. The van der Waals surface area contributed by atoms with Crippen LogP contribution in [0.3, 0.4) is 0 Å². The minimum atomic E-state index is -0.655. The molecule has 1 fully saturated rings. The van der Waals surface area contributed by atoms with Gasteiger partial charge in [0.2, 0.25) is 0 Å². The van der Waals surface area contributed by atoms with Crippen molar-refractivity contribution in [2.75, 3.05) is 43.1 Å². The molecule has 2 atom stereocenters. The first-order chi connectivity index (χ1) is 18.3. The van der Waals surface area contributed by atoms with Gasteiger partial charge in [-0.05, 0) is 38.8 Å². The Hall–Kier alpha value is -4.13. The van der Waals surface area contributed by atoms with Crippen LogP contribution in [0.5, 0.6) is 0 Å². The zero-order chi connectivity index (χ0) is 27.4. The van der Waals surface area contributed by atoms with E-state index >= 15 is 0 Å². The number of pyridine rings is 1. The number of aromatic nitrogens is 3. The van der Waals surface area contributed by atoms with Crippen molar-refractivity contribution in [2.24, 2.45) is 5.73 Å². The second-order valence-corrected chi connectivity index (χ2v) is 9.30. The number of esters is 1. The molecule has 12 nitrogen and oxygen atoms in total. The third kappa shape index (κ3) is 5.14. The van der Waals surface area contributed by atoms with Crippen molar-refractivity contribution in [3.8, 4) is 17.9 Å². The van der Waals surface area contributed by atoms with Crippen LogP contribution in [0.15, 0.2) is 27.9 Å². The molecular formula is C26H32N8O4. The van der Waals surface area contributed by atoms with Gasteiger partial charge in [0.1, 0.15) is 24.1 Å². The number of nitriles is 1. The minimum absolute atomic E-state index is 0.0131. The molecule has 2 aromatic heterocycles. The van der Waals surface area contributed by atoms with E-state index in [2.05, 4.69) is 21.7 Å². The van der Waals surface area contributed by atoms with Crippen LogP contribution < -0.4 is 26.8 Å². The van der Waals surface area contributed by atoms with E-state index in [1.807, 2.05) is 15.9 Å². The van der Waals surface area contributed by atoms with Crippen molar-refractivity contribution in [1.82, 2.24) is 19.0 Å². The van der Waals surface area contributed by atoms with Crippen LogP contribution in [0.2, 0.25) is 0 Å². The lowest BCUT2D eigenvalue weighted by Crippen LogP contribution is -2.59. The number of piperidine rings is 1. The number of nitrogens with two attached hydrogens (primary N) is 1. The van der Waals surface area contributed by atoms with Gasteiger partial charge in [-0.25, -0.2) is 4.79 Å². The second kappa shape index (κ2) is 11.5. The zero-order valence-electron chi connectivity index (χ0n) is 21.9. The van der Waals surface area contributed by atoms with Gasteiger partial charge in [-0.3, -0.25) is 28.6 Å². The molecule has 2 aliphatic heterocycles. The Labute approximate surface area is 220 Å². The number of nitrogens with zero attached hydrogens (tertiary/aromatic N) is 7. The van der Waals surface area contributed by atoms with E-state index in [0.29, 0.717) is 23.6 Å². The number of ether oxygens (including phenoxy) is 1. The summed E-state index contributed by atoms with van der Waals surface area (Å²) >= 11 is 0. The van der Waals surface area contributed by atoms with Crippen LogP contribution in [0, 0.1) is 23.2 Å². The molecule has 0 spiro atoms. The van der Waals surface area contributed by atoms with Crippen molar-refractivity contribution in [2.45, 2.75) is 52.1 Å². The van der Waals surface area contributed by atoms with Crippen LogP contribution in [0.1, 0.15) is 37.9 Å². The van der Waals surface area contributed by atoms with E-state index in [1.54, 1.807) is 33.0 Å². The third-order valence-corrected chi connectivity index (χ3v) is 6.73. The molecule has 4 heterocycles. The van der Waals surface area contributed by atoms with Crippen molar-refractivity contribution >= 4 is 17.5 Å². The van der Waals surface area contributed by atoms with Gasteiger partial charge in [-0.15, -0.1) is 5.92 Å². The first kappa shape index (κ1) is 26.9. The lowest BCUT2D eigenvalue weighted by atomic mass is 10.1. The average molecular weight is 521 g/mol. The van der Waals surface area contributed by atoms with Gasteiger partial charge in [0.05, 0.1) is 31.0 Å². The Kier molecular flexibility index (Phi) is 8.15. The van der Waals surface area contributed by atoms with Gasteiger partial charge in [-0.1, -0.05) is 5.92 Å². The van der Waals surface area contributed by atoms with Gasteiger partial charge in [0.25, 0.3) is 5.56 Å². The summed E-state index contributed by atoms with van der Waals surface area (Å²) in [6.45, 7) is 4.70. The fraction of sp³-hybridized carbons (Fsp3) is 0.500. The van der Waals surface area contributed by atoms with Crippen LogP contribution >= 0.6 is 0 Å². The number of likely N-dealkylation sites (tertiary alicyclic amines) is 1. The molecule has 0 saturated carbocycles. The first-order valence-electron chi connectivity index (χ1n) is 12.6. The van der Waals surface area contributed by atoms with Crippen LogP contribution in [-0.2, 0) is 22.6 Å². The highest BCUT2D eigenvalue weighted by Gasteiger charge is 2.43. The van der Waals surface area contributed by atoms with E-state index in [-0.39, 0.29) is 38.0 Å². The van der Waals surface area contributed by atoms with Crippen molar-refractivity contribution < 1.29 is 9.53 Å². The van der Waals surface area contributed by atoms with Gasteiger partial charge in [0.15, 0.2) is 6.29 Å². The number of fused-ring (bicyclic) bond motifs is 1. The summed E-state index contributed by atoms with van der Waals surface area (Å²) < 4.78 is 7.50. The summed E-state index contributed by atoms with van der Waals surface area (Å²) in [5.41, 5.74) is 6.19. The summed E-state index contributed by atoms with van der Waals surface area (Å²) in [5, 5.41) is 9.07. The molecule has 200 valence electrons. The van der Waals surface area contributed by atoms with E-state index in [9.17, 15) is 14.4 Å². The molecule has 0 aliphatic carbocycles. The molecule has 0 bridgehead atoms. The predicted octanol–water partition coefficient (Wildman–Crippen LogP) is -0.126. The number of anilines is 2. The van der Waals surface area contributed by atoms with Crippen molar-refractivity contribution in [3.63, 3.8) is 0 Å². The number of hydrogen-bond donors (Lipinski definition) is 1. The standard InChI is InChI=1S/C26H32N8O4/c1-4-6-12-32-22-23(30(3)25(32)31-11-7-8-19(28)15-31)33(17-21(35)38-5-2)26(37)34(24(22)36)16-20-10-9-18(13-27)14-29-20/h9-10,14,19,25H,5,7-8,11-12,15-17,28H2,1-3H3. The van der Waals surface area contributed by atoms with E-state index in [4.69, 9.17) is 15.7 Å². The lowest BCUT2D eigenvalue weighted by Gasteiger charge is -2.42. The third-order valence-electron chi connectivity index (χ3n) is 6.73. The predicted molar refractivity (Wildman–Crippen MR) is 141 cm³/mol. The molecule has 0 amide bonds.